The van der Waals surface area contributed by atoms with Crippen molar-refractivity contribution in [3.05, 3.63) is 35.4 Å². The van der Waals surface area contributed by atoms with Gasteiger partial charge in [0, 0.05) is 11.8 Å². The van der Waals surface area contributed by atoms with Crippen LogP contribution in [0.15, 0.2) is 24.3 Å². The van der Waals surface area contributed by atoms with Crippen molar-refractivity contribution >= 4 is 11.6 Å². The maximum absolute atomic E-state index is 12.1. The van der Waals surface area contributed by atoms with Crippen LogP contribution < -0.4 is 0 Å². The van der Waals surface area contributed by atoms with Gasteiger partial charge in [0.05, 0.1) is 0 Å². The summed E-state index contributed by atoms with van der Waals surface area (Å²) in [6, 6.07) is 8.18. The summed E-state index contributed by atoms with van der Waals surface area (Å²) in [5.41, 5.74) is 1.72. The maximum atomic E-state index is 12.1. The van der Waals surface area contributed by atoms with Crippen LogP contribution in [0.1, 0.15) is 49.7 Å². The number of hydrogen-bond acceptors (Lipinski definition) is 2. The van der Waals surface area contributed by atoms with E-state index in [1.165, 1.54) is 11.1 Å². The molecule has 0 heterocycles. The Morgan fingerprint density at radius 2 is 1.41 bits per heavy atom. The summed E-state index contributed by atoms with van der Waals surface area (Å²) < 4.78 is 0. The maximum Gasteiger partial charge on any atom is 0.144 e. The van der Waals surface area contributed by atoms with Gasteiger partial charge in [0.2, 0.25) is 0 Å². The Bertz CT molecular complexity index is 468. The number of carbonyl (C=O) groups is 2. The summed E-state index contributed by atoms with van der Waals surface area (Å²) in [4.78, 5) is 24.2. The van der Waals surface area contributed by atoms with E-state index in [2.05, 4.69) is 12.1 Å². The summed E-state index contributed by atoms with van der Waals surface area (Å²) in [6.45, 7) is 3.16. The smallest absolute Gasteiger partial charge is 0.144 e. The molecule has 2 aliphatic carbocycles. The minimum Gasteiger partial charge on any atom is -0.299 e. The first-order valence-electron chi connectivity index (χ1n) is 6.21. The number of benzene rings is 1. The summed E-state index contributed by atoms with van der Waals surface area (Å²) >= 11 is 0. The number of carbonyl (C=O) groups excluding carboxylic acids is 2. The van der Waals surface area contributed by atoms with Crippen LogP contribution in [0.4, 0.5) is 0 Å². The largest absolute Gasteiger partial charge is 0.299 e. The molecule has 0 unspecified atom stereocenters. The average molecular weight is 228 g/mol. The van der Waals surface area contributed by atoms with Crippen LogP contribution >= 0.6 is 0 Å². The fourth-order valence-electron chi connectivity index (χ4n) is 4.21. The van der Waals surface area contributed by atoms with Gasteiger partial charge in [0.15, 0.2) is 0 Å². The molecular weight excluding hydrogens is 212 g/mol. The lowest BCUT2D eigenvalue weighted by Crippen LogP contribution is -2.39. The van der Waals surface area contributed by atoms with Gasteiger partial charge in [-0.05, 0) is 37.8 Å². The van der Waals surface area contributed by atoms with Crippen molar-refractivity contribution < 1.29 is 9.59 Å². The molecule has 88 valence electrons. The van der Waals surface area contributed by atoms with Gasteiger partial charge in [0.25, 0.3) is 0 Å². The van der Waals surface area contributed by atoms with Crippen LogP contribution in [0.3, 0.4) is 0 Å². The zero-order valence-corrected chi connectivity index (χ0v) is 10.2. The first-order valence-corrected chi connectivity index (χ1v) is 6.21. The van der Waals surface area contributed by atoms with E-state index in [0.29, 0.717) is 0 Å². The van der Waals surface area contributed by atoms with Crippen LogP contribution in [0, 0.1) is 5.41 Å². The van der Waals surface area contributed by atoms with E-state index < -0.39 is 5.41 Å². The van der Waals surface area contributed by atoms with Gasteiger partial charge in [-0.15, -0.1) is 0 Å². The number of rotatable bonds is 2. The molecule has 0 saturated heterocycles. The molecule has 0 spiro atoms. The van der Waals surface area contributed by atoms with Crippen molar-refractivity contribution in [2.45, 2.75) is 38.5 Å². The summed E-state index contributed by atoms with van der Waals surface area (Å²) in [5, 5.41) is 0. The highest BCUT2D eigenvalue weighted by molar-refractivity contribution is 6.08. The summed E-state index contributed by atoms with van der Waals surface area (Å²) in [5.74, 6) is 0.347. The Morgan fingerprint density at radius 3 is 1.76 bits per heavy atom. The molecule has 0 aromatic heterocycles. The van der Waals surface area contributed by atoms with Gasteiger partial charge in [-0.1, -0.05) is 24.3 Å². The third-order valence-electron chi connectivity index (χ3n) is 4.76. The highest BCUT2D eigenvalue weighted by Crippen LogP contribution is 2.65. The standard InChI is InChI=1S/C15H16O2/c1-9(16)15(10(2)17)13-7-8-14(15)12-6-4-3-5-11(12)13/h3-6,13-14H,7-8H2,1-2H3/t13-,14-/m1/s1. The van der Waals surface area contributed by atoms with E-state index in [9.17, 15) is 9.59 Å². The third kappa shape index (κ3) is 1.06. The van der Waals surface area contributed by atoms with E-state index in [4.69, 9.17) is 0 Å². The first kappa shape index (κ1) is 10.7. The molecule has 0 N–H and O–H groups in total. The predicted molar refractivity (Wildman–Crippen MR) is 65.0 cm³/mol. The Morgan fingerprint density at radius 1 is 1.00 bits per heavy atom. The second-order valence-electron chi connectivity index (χ2n) is 5.29. The number of ketones is 2. The normalized spacial score (nSPS) is 27.9. The second-order valence-corrected chi connectivity index (χ2v) is 5.29. The highest BCUT2D eigenvalue weighted by Gasteiger charge is 2.62. The number of Topliss-reactive ketones (excluding diaryl/α,β-unsaturated/α-hetero) is 2. The first-order chi connectivity index (χ1) is 8.10. The molecule has 1 aromatic rings. The molecule has 2 bridgehead atoms. The Hall–Kier alpha value is -1.44. The van der Waals surface area contributed by atoms with Crippen LogP contribution in [0.5, 0.6) is 0 Å². The fourth-order valence-corrected chi connectivity index (χ4v) is 4.21. The van der Waals surface area contributed by atoms with E-state index in [1.807, 2.05) is 12.1 Å². The van der Waals surface area contributed by atoms with Crippen molar-refractivity contribution in [1.82, 2.24) is 0 Å². The monoisotopic (exact) mass is 228 g/mol. The lowest BCUT2D eigenvalue weighted by Gasteiger charge is -2.28. The zero-order chi connectivity index (χ0) is 12.2. The molecule has 2 aliphatic rings. The van der Waals surface area contributed by atoms with Crippen molar-refractivity contribution in [1.29, 1.82) is 0 Å². The number of fused-ring (bicyclic) bond motifs is 5. The molecular formula is C15H16O2. The van der Waals surface area contributed by atoms with Gasteiger partial charge in [-0.2, -0.15) is 0 Å². The molecule has 0 radical (unpaired) electrons. The Labute approximate surface area is 101 Å². The van der Waals surface area contributed by atoms with E-state index in [0.717, 1.165) is 12.8 Å². The van der Waals surface area contributed by atoms with Gasteiger partial charge < -0.3 is 0 Å². The van der Waals surface area contributed by atoms with Crippen molar-refractivity contribution in [2.24, 2.45) is 5.41 Å². The molecule has 2 heteroatoms. The second kappa shape index (κ2) is 3.28. The van der Waals surface area contributed by atoms with E-state index >= 15 is 0 Å². The Kier molecular flexibility index (Phi) is 2.07. The molecule has 2 nitrogen and oxygen atoms in total. The SMILES string of the molecule is CC(=O)C1(C(C)=O)[C@@H]2CC[C@@H]1c1ccccc12. The summed E-state index contributed by atoms with van der Waals surface area (Å²) in [6.07, 6.45) is 1.95. The quantitative estimate of drug-likeness (QED) is 0.729. The molecule has 0 aliphatic heterocycles. The fraction of sp³-hybridized carbons (Fsp3) is 0.467. The van der Waals surface area contributed by atoms with Crippen LogP contribution in [-0.2, 0) is 9.59 Å². The van der Waals surface area contributed by atoms with Crippen molar-refractivity contribution in [2.75, 3.05) is 0 Å². The Balaban J connectivity index is 2.25. The topological polar surface area (TPSA) is 34.1 Å². The molecule has 1 aromatic carbocycles. The van der Waals surface area contributed by atoms with Crippen LogP contribution in [0.25, 0.3) is 0 Å². The van der Waals surface area contributed by atoms with Crippen molar-refractivity contribution in [3.63, 3.8) is 0 Å². The predicted octanol–water partition coefficient (Wildman–Crippen LogP) is 2.83. The van der Waals surface area contributed by atoms with Crippen LogP contribution in [0.2, 0.25) is 0 Å². The third-order valence-corrected chi connectivity index (χ3v) is 4.76. The lowest BCUT2D eigenvalue weighted by molar-refractivity contribution is -0.139. The minimum atomic E-state index is -0.746. The average Bonchev–Trinajstić information content (AvgIpc) is 2.81. The minimum absolute atomic E-state index is 0.0497. The van der Waals surface area contributed by atoms with E-state index in [-0.39, 0.29) is 23.4 Å². The molecule has 0 amide bonds. The molecule has 2 atom stereocenters. The molecule has 1 fully saturated rings. The molecule has 3 rings (SSSR count). The van der Waals surface area contributed by atoms with Gasteiger partial charge in [-0.25, -0.2) is 0 Å². The number of hydrogen-bond donors (Lipinski definition) is 0. The zero-order valence-electron chi connectivity index (χ0n) is 10.2. The molecule has 1 saturated carbocycles. The molecule has 17 heavy (non-hydrogen) atoms. The van der Waals surface area contributed by atoms with Gasteiger partial charge in [-0.3, -0.25) is 9.59 Å². The van der Waals surface area contributed by atoms with Crippen LogP contribution in [-0.4, -0.2) is 11.6 Å². The van der Waals surface area contributed by atoms with Gasteiger partial charge in [0.1, 0.15) is 17.0 Å². The van der Waals surface area contributed by atoms with Gasteiger partial charge >= 0.3 is 0 Å². The van der Waals surface area contributed by atoms with Crippen molar-refractivity contribution in [3.8, 4) is 0 Å². The lowest BCUT2D eigenvalue weighted by atomic mass is 9.70. The van der Waals surface area contributed by atoms with E-state index in [1.54, 1.807) is 13.8 Å². The highest BCUT2D eigenvalue weighted by atomic mass is 16.2. The summed E-state index contributed by atoms with van der Waals surface area (Å²) in [7, 11) is 0.